The summed E-state index contributed by atoms with van der Waals surface area (Å²) in [6, 6.07) is 21.5. The van der Waals surface area contributed by atoms with Crippen molar-refractivity contribution in [1.29, 1.82) is 5.26 Å². The van der Waals surface area contributed by atoms with Crippen LogP contribution in [0.2, 0.25) is 0 Å². The van der Waals surface area contributed by atoms with Gasteiger partial charge in [0.25, 0.3) is 17.7 Å². The molecule has 3 aliphatic heterocycles. The van der Waals surface area contributed by atoms with Gasteiger partial charge in [0.05, 0.1) is 59.6 Å². The van der Waals surface area contributed by atoms with Crippen LogP contribution in [0.15, 0.2) is 85.1 Å². The first-order valence-corrected chi connectivity index (χ1v) is 32.8. The van der Waals surface area contributed by atoms with Crippen LogP contribution in [-0.4, -0.2) is 158 Å². The zero-order valence-corrected chi connectivity index (χ0v) is 55.0. The number of aliphatic hydroxyl groups is 1. The molecular formula is C69H78N10O16S. The molecule has 96 heavy (non-hydrogen) atoms. The van der Waals surface area contributed by atoms with Crippen molar-refractivity contribution in [2.45, 2.75) is 136 Å². The van der Waals surface area contributed by atoms with Gasteiger partial charge in [0.1, 0.15) is 30.5 Å². The van der Waals surface area contributed by atoms with E-state index in [0.29, 0.717) is 70.3 Å². The first kappa shape index (κ1) is 68.1. The van der Waals surface area contributed by atoms with Gasteiger partial charge in [0.15, 0.2) is 16.9 Å². The van der Waals surface area contributed by atoms with Crippen LogP contribution < -0.4 is 30.3 Å². The van der Waals surface area contributed by atoms with Gasteiger partial charge >= 0.3 is 18.0 Å². The maximum Gasteiger partial charge on any atom is 0.407 e. The molecule has 3 aromatic heterocycles. The SMILES string of the molecule is Cc1c(-c2ccc(N3CCc4c(C#N)ccc(C(=O)Nc5nc6ccccc6s5)c4C3)nc2C(=O)O)cnn1CC1(C)CC2(C)CC(C)(C)CC(OCCNC(=O)OCc3ccc(OC4CC(O)CC(C(=O)O)O4)cc3OCCOCCNC(=O)CCN3C(=O)C=CC3=O)(C1)C2. The number of carboxylic acid groups (broad SMARTS) is 2. The standard InChI is InChI=1S/C69H78N10O16S/c1-41-49(47-14-15-55(75-60(47)63(87)88)77-22-18-46-42(31-70)11-13-48(50(46)33-77)61(84)76-64-74-51-8-6-7-9-54(51)96-64)32-73-79(41)40-68(5)37-67(4)35-66(2,3)36-69(38-67,39-68)93-25-21-72-65(89)92-34-43-10-12-45(94-59-29-44(80)28-53(95-59)62(85)86)30-52(43)91-27-26-90-24-20-71-56(81)19-23-78-57(82)16-17-58(78)83/h6-17,30,32,44,53,59,80H,18-29,33-40H2,1-5H3,(H,71,81)(H,72,89)(H,85,86)(H,87,88)(H,74,76,84). The quantitative estimate of drug-likeness (QED) is 0.0220. The number of aromatic nitrogens is 4. The van der Waals surface area contributed by atoms with Crippen molar-refractivity contribution in [1.82, 2.24) is 35.3 Å². The molecule has 5 amide bonds. The predicted molar refractivity (Wildman–Crippen MR) is 349 cm³/mol. The lowest BCUT2D eigenvalue weighted by Crippen LogP contribution is -2.57. The lowest BCUT2D eigenvalue weighted by atomic mass is 9.48. The van der Waals surface area contributed by atoms with Crippen LogP contribution in [-0.2, 0) is 64.2 Å². The Balaban J connectivity index is 0.704. The second-order valence-electron chi connectivity index (χ2n) is 26.8. The average Bonchev–Trinajstić information content (AvgIpc) is 0.892. The maximum atomic E-state index is 13.9. The lowest BCUT2D eigenvalue weighted by molar-refractivity contribution is -0.195. The van der Waals surface area contributed by atoms with Crippen molar-refractivity contribution in [2.75, 3.05) is 62.8 Å². The van der Waals surface area contributed by atoms with Crippen LogP contribution >= 0.6 is 11.3 Å². The number of benzene rings is 3. The number of alkyl carbamates (subject to hydrolysis) is 1. The van der Waals surface area contributed by atoms with Gasteiger partial charge in [-0.3, -0.25) is 34.1 Å². The van der Waals surface area contributed by atoms with Gasteiger partial charge in [-0.25, -0.2) is 24.4 Å². The minimum Gasteiger partial charge on any atom is -0.491 e. The normalized spacial score (nSPS) is 22.7. The lowest BCUT2D eigenvalue weighted by Gasteiger charge is -2.61. The number of nitriles is 1. The van der Waals surface area contributed by atoms with Crippen LogP contribution in [0.4, 0.5) is 15.7 Å². The minimum atomic E-state index is -1.27. The summed E-state index contributed by atoms with van der Waals surface area (Å²) in [6.07, 6.45) is 4.42. The van der Waals surface area contributed by atoms with E-state index in [1.54, 1.807) is 42.6 Å². The predicted octanol–water partition coefficient (Wildman–Crippen LogP) is 8.10. The number of aromatic carboxylic acids is 1. The molecule has 6 aromatic rings. The Morgan fingerprint density at radius 1 is 0.854 bits per heavy atom. The molecule has 0 spiro atoms. The van der Waals surface area contributed by atoms with Crippen LogP contribution in [0.5, 0.6) is 11.5 Å². The molecule has 2 saturated carbocycles. The molecule has 27 heteroatoms. The summed E-state index contributed by atoms with van der Waals surface area (Å²) in [5.74, 6) is -3.21. The van der Waals surface area contributed by atoms with Gasteiger partial charge in [-0.15, -0.1) is 0 Å². The summed E-state index contributed by atoms with van der Waals surface area (Å²) in [5.41, 5.74) is 4.14. The van der Waals surface area contributed by atoms with E-state index in [-0.39, 0.29) is 124 Å². The number of carboxylic acids is 2. The zero-order chi connectivity index (χ0) is 68.1. The molecule has 26 nitrogen and oxygen atoms in total. The number of carbonyl (C=O) groups excluding carboxylic acids is 5. The van der Waals surface area contributed by atoms with Crippen LogP contribution in [0.25, 0.3) is 21.3 Å². The zero-order valence-electron chi connectivity index (χ0n) is 54.1. The molecule has 2 aliphatic carbocycles. The Labute approximate surface area is 557 Å². The summed E-state index contributed by atoms with van der Waals surface area (Å²) in [7, 11) is 0. The molecule has 6 N–H and O–H groups in total. The second-order valence-corrected chi connectivity index (χ2v) is 27.9. The number of nitrogens with one attached hydrogen (secondary N) is 3. The first-order valence-electron chi connectivity index (χ1n) is 32.0. The minimum absolute atomic E-state index is 0.0176. The number of nitrogens with zero attached hydrogens (tertiary/aromatic N) is 7. The van der Waals surface area contributed by atoms with Crippen molar-refractivity contribution in [3.05, 3.63) is 124 Å². The van der Waals surface area contributed by atoms with Crippen molar-refractivity contribution in [3.8, 4) is 28.7 Å². The number of aliphatic hydroxyl groups excluding tert-OH is 1. The number of rotatable bonds is 26. The summed E-state index contributed by atoms with van der Waals surface area (Å²) in [6.45, 7) is 12.6. The number of carbonyl (C=O) groups is 7. The summed E-state index contributed by atoms with van der Waals surface area (Å²) < 4.78 is 38.8. The molecule has 6 unspecified atom stereocenters. The summed E-state index contributed by atoms with van der Waals surface area (Å²) in [4.78, 5) is 100. The van der Waals surface area contributed by atoms with Crippen LogP contribution in [0.3, 0.4) is 0 Å². The molecule has 3 fully saturated rings. The fraction of sp³-hybridized carbons (Fsp3) is 0.464. The van der Waals surface area contributed by atoms with E-state index in [9.17, 15) is 54.1 Å². The van der Waals surface area contributed by atoms with Crippen LogP contribution in [0, 0.1) is 34.5 Å². The number of amides is 5. The Kier molecular flexibility index (Phi) is 20.2. The van der Waals surface area contributed by atoms with Crippen molar-refractivity contribution < 1.29 is 77.3 Å². The van der Waals surface area contributed by atoms with Gasteiger partial charge in [-0.2, -0.15) is 10.4 Å². The average molecular weight is 1340 g/mol. The third kappa shape index (κ3) is 16.0. The first-order chi connectivity index (χ1) is 45.9. The highest BCUT2D eigenvalue weighted by Crippen LogP contribution is 2.63. The topological polar surface area (TPSA) is 346 Å². The van der Waals surface area contributed by atoms with E-state index in [0.717, 1.165) is 64.2 Å². The Morgan fingerprint density at radius 2 is 1.65 bits per heavy atom. The third-order valence-corrected chi connectivity index (χ3v) is 19.1. The maximum absolute atomic E-state index is 13.9. The Bertz CT molecular complexity index is 4010. The molecule has 5 aliphatic rings. The van der Waals surface area contributed by atoms with Gasteiger partial charge in [0.2, 0.25) is 12.2 Å². The van der Waals surface area contributed by atoms with Crippen molar-refractivity contribution in [3.63, 3.8) is 0 Å². The third-order valence-electron chi connectivity index (χ3n) is 18.2. The molecule has 3 aromatic carbocycles. The highest BCUT2D eigenvalue weighted by atomic mass is 32.1. The Morgan fingerprint density at radius 3 is 2.42 bits per heavy atom. The number of thiazole rings is 1. The molecule has 6 atom stereocenters. The monoisotopic (exact) mass is 1330 g/mol. The summed E-state index contributed by atoms with van der Waals surface area (Å²) in [5, 5.41) is 54.5. The van der Waals surface area contributed by atoms with E-state index < -0.39 is 53.9 Å². The molecule has 11 rings (SSSR count). The number of ether oxygens (including phenoxy) is 6. The number of fused-ring (bicyclic) bond motifs is 4. The molecule has 1 saturated heterocycles. The Hall–Kier alpha value is -9.33. The van der Waals surface area contributed by atoms with E-state index >= 15 is 0 Å². The molecule has 6 heterocycles. The smallest absolute Gasteiger partial charge is 0.407 e. The van der Waals surface area contributed by atoms with Crippen LogP contribution in [0.1, 0.15) is 128 Å². The van der Waals surface area contributed by atoms with E-state index in [2.05, 4.69) is 54.7 Å². The van der Waals surface area contributed by atoms with Gasteiger partial charge in [0, 0.05) is 105 Å². The largest absolute Gasteiger partial charge is 0.491 e. The van der Waals surface area contributed by atoms with E-state index in [1.807, 2.05) is 40.8 Å². The second kappa shape index (κ2) is 28.5. The number of pyridine rings is 1. The number of anilines is 2. The number of hydrogen-bond acceptors (Lipinski definition) is 20. The number of imide groups is 1. The van der Waals surface area contributed by atoms with Gasteiger partial charge in [-0.05, 0) is 121 Å². The molecule has 506 valence electrons. The van der Waals surface area contributed by atoms with E-state index in [4.69, 9.17) is 38.5 Å². The number of aliphatic carboxylic acids is 1. The highest BCUT2D eigenvalue weighted by Gasteiger charge is 2.58. The summed E-state index contributed by atoms with van der Waals surface area (Å²) >= 11 is 1.36. The fourth-order valence-corrected chi connectivity index (χ4v) is 16.0. The highest BCUT2D eigenvalue weighted by molar-refractivity contribution is 7.22. The van der Waals surface area contributed by atoms with Crippen molar-refractivity contribution in [2.24, 2.45) is 16.2 Å². The number of para-hydroxylation sites is 1. The van der Waals surface area contributed by atoms with E-state index in [1.165, 1.54) is 17.4 Å². The molecular weight excluding hydrogens is 1260 g/mol. The molecule has 2 bridgehead atoms. The van der Waals surface area contributed by atoms with Gasteiger partial charge in [-0.1, -0.05) is 51.2 Å². The number of hydrogen-bond donors (Lipinski definition) is 6. The fourth-order valence-electron chi connectivity index (χ4n) is 15.1. The molecule has 0 radical (unpaired) electrons. The van der Waals surface area contributed by atoms with Crippen molar-refractivity contribution >= 4 is 74.2 Å². The van der Waals surface area contributed by atoms with Gasteiger partial charge < -0.3 is 59.3 Å².